The minimum Gasteiger partial charge on any atom is -0.461 e. The first-order valence-electron chi connectivity index (χ1n) is 6.75. The normalized spacial score (nSPS) is 10.3. The van der Waals surface area contributed by atoms with Gasteiger partial charge in [0.2, 0.25) is 0 Å². The molecule has 0 aliphatic carbocycles. The molecule has 1 heterocycles. The average Bonchev–Trinajstić information content (AvgIpc) is 2.88. The molecule has 7 heteroatoms. The maximum Gasteiger partial charge on any atom is 0.356 e. The van der Waals surface area contributed by atoms with Gasteiger partial charge in [0.1, 0.15) is 5.69 Å². The molecule has 0 bridgehead atoms. The standard InChI is InChI=1S/C15H16ClN3O3/c1-3-22-15(21)13-8-12(18-19(13)2)14(20)17-9-10-6-4-5-7-11(10)16/h4-8H,3,9H2,1-2H3,(H,17,20). The van der Waals surface area contributed by atoms with Crippen LogP contribution in [0.4, 0.5) is 0 Å². The molecule has 2 aromatic rings. The van der Waals surface area contributed by atoms with Gasteiger partial charge in [-0.2, -0.15) is 5.10 Å². The third-order valence-electron chi connectivity index (χ3n) is 2.99. The van der Waals surface area contributed by atoms with Crippen molar-refractivity contribution in [1.82, 2.24) is 15.1 Å². The molecule has 2 rings (SSSR count). The first kappa shape index (κ1) is 16.0. The lowest BCUT2D eigenvalue weighted by molar-refractivity contribution is 0.0513. The van der Waals surface area contributed by atoms with Crippen LogP contribution in [0.2, 0.25) is 5.02 Å². The minimum atomic E-state index is -0.511. The van der Waals surface area contributed by atoms with Crippen LogP contribution in [0.1, 0.15) is 33.5 Å². The highest BCUT2D eigenvalue weighted by Gasteiger charge is 2.18. The van der Waals surface area contributed by atoms with E-state index in [4.69, 9.17) is 16.3 Å². The molecular formula is C15H16ClN3O3. The van der Waals surface area contributed by atoms with Crippen molar-refractivity contribution in [3.05, 3.63) is 52.3 Å². The molecule has 1 N–H and O–H groups in total. The Morgan fingerprint density at radius 2 is 2.09 bits per heavy atom. The number of carbonyl (C=O) groups excluding carboxylic acids is 2. The number of ether oxygens (including phenoxy) is 1. The summed E-state index contributed by atoms with van der Waals surface area (Å²) in [6.07, 6.45) is 0. The van der Waals surface area contributed by atoms with Crippen molar-refractivity contribution >= 4 is 23.5 Å². The Labute approximate surface area is 133 Å². The van der Waals surface area contributed by atoms with Crippen LogP contribution < -0.4 is 5.32 Å². The van der Waals surface area contributed by atoms with E-state index in [0.717, 1.165) is 5.56 Å². The van der Waals surface area contributed by atoms with Crippen LogP contribution in [-0.2, 0) is 18.3 Å². The molecule has 0 unspecified atom stereocenters. The number of carbonyl (C=O) groups is 2. The molecule has 1 aromatic carbocycles. The largest absolute Gasteiger partial charge is 0.461 e. The number of nitrogens with one attached hydrogen (secondary N) is 1. The summed E-state index contributed by atoms with van der Waals surface area (Å²) in [6, 6.07) is 8.64. The molecule has 0 fully saturated rings. The van der Waals surface area contributed by atoms with Gasteiger partial charge in [0.15, 0.2) is 5.69 Å². The second-order valence-corrected chi connectivity index (χ2v) is 4.94. The maximum absolute atomic E-state index is 12.1. The number of hydrogen-bond acceptors (Lipinski definition) is 4. The molecule has 0 radical (unpaired) electrons. The summed E-state index contributed by atoms with van der Waals surface area (Å²) < 4.78 is 6.22. The Morgan fingerprint density at radius 3 is 2.77 bits per heavy atom. The number of rotatable bonds is 5. The van der Waals surface area contributed by atoms with Gasteiger partial charge in [-0.1, -0.05) is 29.8 Å². The van der Waals surface area contributed by atoms with Gasteiger partial charge in [0.05, 0.1) is 6.61 Å². The smallest absolute Gasteiger partial charge is 0.356 e. The van der Waals surface area contributed by atoms with E-state index in [-0.39, 0.29) is 30.4 Å². The zero-order valence-corrected chi connectivity index (χ0v) is 13.1. The fourth-order valence-corrected chi connectivity index (χ4v) is 2.08. The van der Waals surface area contributed by atoms with Crippen molar-refractivity contribution in [3.8, 4) is 0 Å². The van der Waals surface area contributed by atoms with Gasteiger partial charge in [-0.3, -0.25) is 9.48 Å². The van der Waals surface area contributed by atoms with Crippen molar-refractivity contribution in [1.29, 1.82) is 0 Å². The van der Waals surface area contributed by atoms with E-state index in [1.807, 2.05) is 18.2 Å². The molecule has 1 aromatic heterocycles. The van der Waals surface area contributed by atoms with Crippen LogP contribution in [0.25, 0.3) is 0 Å². The monoisotopic (exact) mass is 321 g/mol. The van der Waals surface area contributed by atoms with Gasteiger partial charge in [0, 0.05) is 24.7 Å². The van der Waals surface area contributed by atoms with Gasteiger partial charge in [-0.15, -0.1) is 0 Å². The number of halogens is 1. The van der Waals surface area contributed by atoms with Crippen molar-refractivity contribution in [2.45, 2.75) is 13.5 Å². The summed E-state index contributed by atoms with van der Waals surface area (Å²) in [6.45, 7) is 2.26. The number of amides is 1. The summed E-state index contributed by atoms with van der Waals surface area (Å²) in [5, 5.41) is 7.32. The number of esters is 1. The van der Waals surface area contributed by atoms with Crippen LogP contribution >= 0.6 is 11.6 Å². The molecule has 116 valence electrons. The number of hydrogen-bond donors (Lipinski definition) is 1. The molecule has 1 amide bonds. The van der Waals surface area contributed by atoms with Crippen LogP contribution in [0.5, 0.6) is 0 Å². The Balaban J connectivity index is 2.06. The Kier molecular flexibility index (Phi) is 5.16. The summed E-state index contributed by atoms with van der Waals surface area (Å²) in [4.78, 5) is 23.8. The van der Waals surface area contributed by atoms with Crippen LogP contribution in [0, 0.1) is 0 Å². The molecule has 0 aliphatic rings. The predicted octanol–water partition coefficient (Wildman–Crippen LogP) is 2.18. The topological polar surface area (TPSA) is 73.2 Å². The van der Waals surface area contributed by atoms with Gasteiger partial charge in [0.25, 0.3) is 5.91 Å². The van der Waals surface area contributed by atoms with E-state index < -0.39 is 5.97 Å². The number of aromatic nitrogens is 2. The van der Waals surface area contributed by atoms with E-state index in [9.17, 15) is 9.59 Å². The second kappa shape index (κ2) is 7.09. The fourth-order valence-electron chi connectivity index (χ4n) is 1.88. The van der Waals surface area contributed by atoms with Crippen LogP contribution in [0.15, 0.2) is 30.3 Å². The fraction of sp³-hybridized carbons (Fsp3) is 0.267. The number of aryl methyl sites for hydroxylation is 1. The molecule has 22 heavy (non-hydrogen) atoms. The summed E-state index contributed by atoms with van der Waals surface area (Å²) in [5.74, 6) is -0.895. The lowest BCUT2D eigenvalue weighted by Gasteiger charge is -2.05. The molecule has 6 nitrogen and oxygen atoms in total. The maximum atomic E-state index is 12.1. The van der Waals surface area contributed by atoms with Crippen LogP contribution in [0.3, 0.4) is 0 Å². The summed E-state index contributed by atoms with van der Waals surface area (Å²) in [5.41, 5.74) is 1.18. The van der Waals surface area contributed by atoms with Crippen molar-refractivity contribution in [2.75, 3.05) is 6.61 Å². The predicted molar refractivity (Wildman–Crippen MR) is 81.8 cm³/mol. The second-order valence-electron chi connectivity index (χ2n) is 4.53. The molecule has 0 atom stereocenters. The third-order valence-corrected chi connectivity index (χ3v) is 3.36. The third kappa shape index (κ3) is 3.65. The Morgan fingerprint density at radius 1 is 1.36 bits per heavy atom. The minimum absolute atomic E-state index is 0.151. The summed E-state index contributed by atoms with van der Waals surface area (Å²) >= 11 is 6.03. The molecule has 0 saturated heterocycles. The SMILES string of the molecule is CCOC(=O)c1cc(C(=O)NCc2ccccc2Cl)nn1C. The molecule has 0 spiro atoms. The van der Waals surface area contributed by atoms with Crippen molar-refractivity contribution < 1.29 is 14.3 Å². The zero-order valence-electron chi connectivity index (χ0n) is 12.3. The highest BCUT2D eigenvalue weighted by molar-refractivity contribution is 6.31. The van der Waals surface area contributed by atoms with Gasteiger partial charge in [-0.05, 0) is 18.6 Å². The first-order chi connectivity index (χ1) is 10.5. The van der Waals surface area contributed by atoms with Gasteiger partial charge in [-0.25, -0.2) is 4.79 Å². The Bertz CT molecular complexity index is 697. The van der Waals surface area contributed by atoms with Gasteiger partial charge >= 0.3 is 5.97 Å². The van der Waals surface area contributed by atoms with Crippen molar-refractivity contribution in [2.24, 2.45) is 7.05 Å². The molecule has 0 saturated carbocycles. The Hall–Kier alpha value is -2.34. The highest BCUT2D eigenvalue weighted by Crippen LogP contribution is 2.14. The molecule has 0 aliphatic heterocycles. The van der Waals surface area contributed by atoms with E-state index in [2.05, 4.69) is 10.4 Å². The van der Waals surface area contributed by atoms with E-state index in [0.29, 0.717) is 5.02 Å². The lowest BCUT2D eigenvalue weighted by Crippen LogP contribution is -2.23. The van der Waals surface area contributed by atoms with E-state index in [1.165, 1.54) is 10.7 Å². The van der Waals surface area contributed by atoms with Crippen molar-refractivity contribution in [3.63, 3.8) is 0 Å². The number of nitrogens with zero attached hydrogens (tertiary/aromatic N) is 2. The quantitative estimate of drug-likeness (QED) is 0.857. The number of benzene rings is 1. The first-order valence-corrected chi connectivity index (χ1v) is 7.13. The van der Waals surface area contributed by atoms with Gasteiger partial charge < -0.3 is 10.1 Å². The zero-order chi connectivity index (χ0) is 16.1. The lowest BCUT2D eigenvalue weighted by atomic mass is 10.2. The van der Waals surface area contributed by atoms with E-state index in [1.54, 1.807) is 20.0 Å². The van der Waals surface area contributed by atoms with Crippen LogP contribution in [-0.4, -0.2) is 28.3 Å². The van der Waals surface area contributed by atoms with E-state index >= 15 is 0 Å². The summed E-state index contributed by atoms with van der Waals surface area (Å²) in [7, 11) is 1.58. The average molecular weight is 322 g/mol. The molecular weight excluding hydrogens is 306 g/mol. The highest BCUT2D eigenvalue weighted by atomic mass is 35.5.